The summed E-state index contributed by atoms with van der Waals surface area (Å²) in [5.74, 6) is -0.891. The van der Waals surface area contributed by atoms with Crippen molar-refractivity contribution in [2.45, 2.75) is 13.3 Å². The predicted octanol–water partition coefficient (Wildman–Crippen LogP) is 3.60. The first-order valence-corrected chi connectivity index (χ1v) is 7.98. The van der Waals surface area contributed by atoms with Gasteiger partial charge in [-0.15, -0.1) is 0 Å². The summed E-state index contributed by atoms with van der Waals surface area (Å²) < 4.78 is 23.2. The van der Waals surface area contributed by atoms with Crippen molar-refractivity contribution in [3.8, 4) is 5.75 Å². The van der Waals surface area contributed by atoms with Gasteiger partial charge in [-0.25, -0.2) is 4.39 Å². The van der Waals surface area contributed by atoms with Crippen LogP contribution in [-0.2, 0) is 20.7 Å². The summed E-state index contributed by atoms with van der Waals surface area (Å²) in [7, 11) is 0. The number of nitrogens with one attached hydrogen (secondary N) is 1. The molecule has 0 aliphatic heterocycles. The maximum absolute atomic E-state index is 12.9. The van der Waals surface area contributed by atoms with Crippen LogP contribution in [0.4, 0.5) is 10.1 Å². The Labute approximate surface area is 149 Å². The number of hydrogen-bond acceptors (Lipinski definition) is 4. The van der Waals surface area contributed by atoms with Gasteiger partial charge in [-0.1, -0.05) is 23.7 Å². The highest BCUT2D eigenvalue weighted by Crippen LogP contribution is 2.22. The number of rotatable bonds is 7. The van der Waals surface area contributed by atoms with E-state index in [2.05, 4.69) is 5.32 Å². The molecule has 0 bridgehead atoms. The summed E-state index contributed by atoms with van der Waals surface area (Å²) in [6, 6.07) is 10.6. The largest absolute Gasteiger partial charge is 0.494 e. The number of esters is 1. The fraction of sp³-hybridized carbons (Fsp3) is 0.222. The Hall–Kier alpha value is -2.60. The van der Waals surface area contributed by atoms with E-state index >= 15 is 0 Å². The van der Waals surface area contributed by atoms with Gasteiger partial charge < -0.3 is 14.8 Å². The van der Waals surface area contributed by atoms with Gasteiger partial charge >= 0.3 is 5.97 Å². The van der Waals surface area contributed by atoms with E-state index in [4.69, 9.17) is 21.1 Å². The van der Waals surface area contributed by atoms with Gasteiger partial charge in [-0.2, -0.15) is 0 Å². The third kappa shape index (κ3) is 6.08. The van der Waals surface area contributed by atoms with E-state index in [1.54, 1.807) is 24.3 Å². The minimum Gasteiger partial charge on any atom is -0.494 e. The van der Waals surface area contributed by atoms with Crippen molar-refractivity contribution in [3.05, 3.63) is 58.9 Å². The minimum atomic E-state index is -0.562. The third-order valence-electron chi connectivity index (χ3n) is 3.15. The van der Waals surface area contributed by atoms with E-state index in [0.29, 0.717) is 6.61 Å². The quantitative estimate of drug-likeness (QED) is 0.761. The van der Waals surface area contributed by atoms with Gasteiger partial charge in [0.05, 0.1) is 23.7 Å². The van der Waals surface area contributed by atoms with Crippen LogP contribution in [0.5, 0.6) is 5.75 Å². The molecule has 0 aromatic heterocycles. The van der Waals surface area contributed by atoms with Crippen molar-refractivity contribution in [2.75, 3.05) is 18.5 Å². The average molecular weight is 366 g/mol. The van der Waals surface area contributed by atoms with Gasteiger partial charge in [0, 0.05) is 0 Å². The van der Waals surface area contributed by atoms with Crippen molar-refractivity contribution >= 4 is 29.2 Å². The number of ether oxygens (including phenoxy) is 2. The zero-order valence-corrected chi connectivity index (χ0v) is 14.3. The van der Waals surface area contributed by atoms with Crippen molar-refractivity contribution in [1.29, 1.82) is 0 Å². The minimum absolute atomic E-state index is 0.0387. The number of hydrogen-bond donors (Lipinski definition) is 1. The lowest BCUT2D eigenvalue weighted by Gasteiger charge is -2.08. The molecule has 0 saturated heterocycles. The van der Waals surface area contributed by atoms with E-state index < -0.39 is 24.3 Å². The Kier molecular flexibility index (Phi) is 6.77. The monoisotopic (exact) mass is 365 g/mol. The molecule has 1 amide bonds. The Morgan fingerprint density at radius 1 is 1.16 bits per heavy atom. The van der Waals surface area contributed by atoms with Crippen molar-refractivity contribution in [3.63, 3.8) is 0 Å². The fourth-order valence-electron chi connectivity index (χ4n) is 2.01. The Bertz CT molecular complexity index is 749. The van der Waals surface area contributed by atoms with Gasteiger partial charge in [0.25, 0.3) is 5.91 Å². The normalized spacial score (nSPS) is 10.2. The number of halogens is 2. The molecular weight excluding hydrogens is 349 g/mol. The summed E-state index contributed by atoms with van der Waals surface area (Å²) >= 11 is 5.81. The van der Waals surface area contributed by atoms with Crippen LogP contribution in [-0.4, -0.2) is 25.1 Å². The zero-order chi connectivity index (χ0) is 18.2. The number of carbonyl (C=O) groups excluding carboxylic acids is 2. The highest BCUT2D eigenvalue weighted by atomic mass is 35.5. The molecule has 0 saturated carbocycles. The number of carbonyl (C=O) groups is 2. The van der Waals surface area contributed by atoms with Crippen LogP contribution in [0.3, 0.4) is 0 Å². The van der Waals surface area contributed by atoms with E-state index in [-0.39, 0.29) is 17.1 Å². The van der Waals surface area contributed by atoms with E-state index in [1.807, 2.05) is 6.92 Å². The molecule has 0 fully saturated rings. The molecule has 0 radical (unpaired) electrons. The molecule has 0 unspecified atom stereocenters. The molecule has 0 atom stereocenters. The van der Waals surface area contributed by atoms with Crippen molar-refractivity contribution in [1.82, 2.24) is 0 Å². The first-order valence-electron chi connectivity index (χ1n) is 7.60. The lowest BCUT2D eigenvalue weighted by atomic mass is 10.1. The molecule has 0 heterocycles. The number of benzene rings is 2. The van der Waals surface area contributed by atoms with Crippen LogP contribution in [0, 0.1) is 5.82 Å². The second-order valence-electron chi connectivity index (χ2n) is 5.09. The predicted molar refractivity (Wildman–Crippen MR) is 92.3 cm³/mol. The van der Waals surface area contributed by atoms with Crippen molar-refractivity contribution in [2.24, 2.45) is 0 Å². The van der Waals surface area contributed by atoms with Crippen LogP contribution >= 0.6 is 11.6 Å². The molecule has 2 aromatic rings. The second kappa shape index (κ2) is 9.03. The molecule has 132 valence electrons. The summed E-state index contributed by atoms with van der Waals surface area (Å²) in [6.07, 6.45) is 0.0387. The molecular formula is C18H17ClFNO4. The van der Waals surface area contributed by atoms with E-state index in [1.165, 1.54) is 12.1 Å². The first-order chi connectivity index (χ1) is 12.0. The van der Waals surface area contributed by atoms with Gasteiger partial charge in [-0.05, 0) is 42.8 Å². The highest BCUT2D eigenvalue weighted by Gasteiger charge is 2.11. The molecule has 2 aromatic carbocycles. The molecule has 0 aliphatic carbocycles. The lowest BCUT2D eigenvalue weighted by Crippen LogP contribution is -2.21. The number of anilines is 1. The van der Waals surface area contributed by atoms with Crippen LogP contribution in [0.1, 0.15) is 12.5 Å². The van der Waals surface area contributed by atoms with Crippen molar-refractivity contribution < 1.29 is 23.5 Å². The SMILES string of the molecule is CCOc1ccc(CC(=O)OCC(=O)Nc2ccc(F)cc2Cl)cc1. The third-order valence-corrected chi connectivity index (χ3v) is 3.46. The molecule has 1 N–H and O–H groups in total. The fourth-order valence-corrected chi connectivity index (χ4v) is 2.23. The van der Waals surface area contributed by atoms with Gasteiger partial charge in [-0.3, -0.25) is 9.59 Å². The van der Waals surface area contributed by atoms with E-state index in [0.717, 1.165) is 17.4 Å². The summed E-state index contributed by atoms with van der Waals surface area (Å²) in [5, 5.41) is 2.51. The topological polar surface area (TPSA) is 64.6 Å². The smallest absolute Gasteiger partial charge is 0.310 e. The first kappa shape index (κ1) is 18.7. The second-order valence-corrected chi connectivity index (χ2v) is 5.49. The molecule has 0 aliphatic rings. The van der Waals surface area contributed by atoms with Crippen LogP contribution in [0.15, 0.2) is 42.5 Å². The summed E-state index contributed by atoms with van der Waals surface area (Å²) in [4.78, 5) is 23.5. The lowest BCUT2D eigenvalue weighted by molar-refractivity contribution is -0.146. The molecule has 0 spiro atoms. The maximum atomic E-state index is 12.9. The summed E-state index contributed by atoms with van der Waals surface area (Å²) in [6.45, 7) is 1.99. The standard InChI is InChI=1S/C18H17ClFNO4/c1-2-24-14-6-3-12(4-7-14)9-18(23)25-11-17(22)21-16-8-5-13(20)10-15(16)19/h3-8,10H,2,9,11H2,1H3,(H,21,22). The summed E-state index contributed by atoms with van der Waals surface area (Å²) in [5.41, 5.74) is 0.992. The Balaban J connectivity index is 1.79. The Morgan fingerprint density at radius 2 is 1.88 bits per heavy atom. The van der Waals surface area contributed by atoms with Gasteiger partial charge in [0.2, 0.25) is 0 Å². The highest BCUT2D eigenvalue weighted by molar-refractivity contribution is 6.33. The molecule has 5 nitrogen and oxygen atoms in total. The molecule has 25 heavy (non-hydrogen) atoms. The van der Waals surface area contributed by atoms with Gasteiger partial charge in [0.15, 0.2) is 6.61 Å². The van der Waals surface area contributed by atoms with Crippen LogP contribution < -0.4 is 10.1 Å². The molecule has 7 heteroatoms. The molecule has 2 rings (SSSR count). The maximum Gasteiger partial charge on any atom is 0.310 e. The van der Waals surface area contributed by atoms with E-state index in [9.17, 15) is 14.0 Å². The average Bonchev–Trinajstić information content (AvgIpc) is 2.58. The zero-order valence-electron chi connectivity index (χ0n) is 13.6. The number of amides is 1. The van der Waals surface area contributed by atoms with Gasteiger partial charge in [0.1, 0.15) is 11.6 Å². The van der Waals surface area contributed by atoms with Crippen LogP contribution in [0.2, 0.25) is 5.02 Å². The van der Waals surface area contributed by atoms with Crippen LogP contribution in [0.25, 0.3) is 0 Å². The Morgan fingerprint density at radius 3 is 2.52 bits per heavy atom.